The fraction of sp³-hybridized carbons (Fsp3) is 0.0625. The maximum Gasteiger partial charge on any atom is 0.196 e. The number of carbonyl (C=O) groups excluding carboxylic acids is 1. The van der Waals surface area contributed by atoms with Crippen LogP contribution in [0.5, 0.6) is 0 Å². The van der Waals surface area contributed by atoms with Gasteiger partial charge >= 0.3 is 0 Å². The third-order valence-electron chi connectivity index (χ3n) is 3.20. The first-order valence-corrected chi connectivity index (χ1v) is 6.83. The van der Waals surface area contributed by atoms with Crippen molar-refractivity contribution in [3.05, 3.63) is 69.8 Å². The summed E-state index contributed by atoms with van der Waals surface area (Å²) in [6, 6.07) is 13.6. The minimum absolute atomic E-state index is 0.0318. The predicted molar refractivity (Wildman–Crippen MR) is 80.6 cm³/mol. The summed E-state index contributed by atoms with van der Waals surface area (Å²) in [7, 11) is 0. The van der Waals surface area contributed by atoms with Crippen LogP contribution in [0.1, 0.15) is 21.5 Å². The number of hydrogen-bond acceptors (Lipinski definition) is 1. The zero-order valence-electron chi connectivity index (χ0n) is 10.4. The molecule has 0 amide bonds. The second-order valence-corrected chi connectivity index (χ2v) is 5.41. The number of fused-ring (bicyclic) bond motifs is 1. The predicted octanol–water partition coefficient (Wildman–Crippen LogP) is 4.47. The molecule has 2 aromatic carbocycles. The van der Waals surface area contributed by atoms with Crippen LogP contribution in [0.2, 0.25) is 0 Å². The quantitative estimate of drug-likeness (QED) is 0.696. The van der Waals surface area contributed by atoms with Gasteiger partial charge in [0.2, 0.25) is 0 Å². The molecule has 1 N–H and O–H groups in total. The van der Waals surface area contributed by atoms with E-state index in [9.17, 15) is 4.79 Å². The summed E-state index contributed by atoms with van der Waals surface area (Å²) in [5.74, 6) is 0.0318. The molecule has 0 aliphatic carbocycles. The smallest absolute Gasteiger partial charge is 0.196 e. The molecule has 3 aromatic rings. The topological polar surface area (TPSA) is 32.9 Å². The molecular formula is C16H12BrNO. The van der Waals surface area contributed by atoms with Crippen LogP contribution in [0.3, 0.4) is 0 Å². The highest BCUT2D eigenvalue weighted by Crippen LogP contribution is 2.25. The number of halogens is 1. The molecule has 0 bridgehead atoms. The van der Waals surface area contributed by atoms with Crippen LogP contribution in [0.15, 0.2) is 53.1 Å². The Morgan fingerprint density at radius 1 is 1.11 bits per heavy atom. The van der Waals surface area contributed by atoms with Crippen LogP contribution >= 0.6 is 15.9 Å². The summed E-state index contributed by atoms with van der Waals surface area (Å²) in [6.45, 7) is 2.00. The molecule has 0 spiro atoms. The van der Waals surface area contributed by atoms with Crippen molar-refractivity contribution in [2.24, 2.45) is 0 Å². The van der Waals surface area contributed by atoms with Gasteiger partial charge in [0, 0.05) is 32.7 Å². The average Bonchev–Trinajstić information content (AvgIpc) is 2.82. The van der Waals surface area contributed by atoms with Gasteiger partial charge in [-0.25, -0.2) is 0 Å². The zero-order valence-corrected chi connectivity index (χ0v) is 12.0. The number of hydrogen-bond donors (Lipinski definition) is 1. The van der Waals surface area contributed by atoms with Gasteiger partial charge in [0.25, 0.3) is 0 Å². The normalized spacial score (nSPS) is 10.8. The number of aryl methyl sites for hydroxylation is 1. The van der Waals surface area contributed by atoms with Crippen molar-refractivity contribution in [1.29, 1.82) is 0 Å². The van der Waals surface area contributed by atoms with E-state index in [1.165, 1.54) is 0 Å². The number of aromatic nitrogens is 1. The first-order valence-electron chi connectivity index (χ1n) is 6.04. The molecule has 2 nitrogen and oxygen atoms in total. The number of para-hydroxylation sites is 1. The van der Waals surface area contributed by atoms with Gasteiger partial charge in [0.15, 0.2) is 5.78 Å². The Morgan fingerprint density at radius 2 is 1.89 bits per heavy atom. The second-order valence-electron chi connectivity index (χ2n) is 4.56. The summed E-state index contributed by atoms with van der Waals surface area (Å²) in [5.41, 5.74) is 3.51. The summed E-state index contributed by atoms with van der Waals surface area (Å²) < 4.78 is 0.836. The van der Waals surface area contributed by atoms with Gasteiger partial charge in [-0.3, -0.25) is 4.79 Å². The van der Waals surface area contributed by atoms with Crippen LogP contribution in [0.25, 0.3) is 10.9 Å². The van der Waals surface area contributed by atoms with Crippen molar-refractivity contribution < 1.29 is 4.79 Å². The lowest BCUT2D eigenvalue weighted by molar-refractivity contribution is 0.103. The third-order valence-corrected chi connectivity index (χ3v) is 3.86. The molecule has 3 rings (SSSR count). The third kappa shape index (κ3) is 2.10. The fourth-order valence-electron chi connectivity index (χ4n) is 2.21. The van der Waals surface area contributed by atoms with Crippen molar-refractivity contribution in [2.45, 2.75) is 6.92 Å². The minimum atomic E-state index is 0.0318. The summed E-state index contributed by atoms with van der Waals surface area (Å²) in [6.07, 6.45) is 1.78. The van der Waals surface area contributed by atoms with E-state index in [2.05, 4.69) is 20.9 Å². The van der Waals surface area contributed by atoms with E-state index < -0.39 is 0 Å². The molecule has 0 saturated heterocycles. The molecule has 0 unspecified atom stereocenters. The number of H-pyrrole nitrogens is 1. The summed E-state index contributed by atoms with van der Waals surface area (Å²) in [4.78, 5) is 15.7. The Balaban J connectivity index is 2.13. The molecular weight excluding hydrogens is 302 g/mol. The molecule has 0 fully saturated rings. The van der Waals surface area contributed by atoms with Crippen molar-refractivity contribution >= 4 is 32.6 Å². The number of carbonyl (C=O) groups is 1. The highest BCUT2D eigenvalue weighted by Gasteiger charge is 2.16. The maximum atomic E-state index is 12.6. The van der Waals surface area contributed by atoms with E-state index in [-0.39, 0.29) is 5.78 Å². The Morgan fingerprint density at radius 3 is 2.68 bits per heavy atom. The summed E-state index contributed by atoms with van der Waals surface area (Å²) >= 11 is 3.47. The van der Waals surface area contributed by atoms with Crippen LogP contribution in [-0.2, 0) is 0 Å². The zero-order chi connectivity index (χ0) is 13.4. The Kier molecular flexibility index (Phi) is 2.99. The largest absolute Gasteiger partial charge is 0.360 e. The molecule has 0 atom stereocenters. The van der Waals surface area contributed by atoms with Gasteiger partial charge in [-0.15, -0.1) is 0 Å². The van der Waals surface area contributed by atoms with E-state index in [0.29, 0.717) is 11.1 Å². The Labute approximate surface area is 119 Å². The lowest BCUT2D eigenvalue weighted by Gasteiger charge is -2.04. The molecule has 0 aliphatic rings. The van der Waals surface area contributed by atoms with Gasteiger partial charge in [0.1, 0.15) is 0 Å². The SMILES string of the molecule is Cc1ccc(C(=O)c2c[nH]c3ccccc23)c(Br)c1. The van der Waals surface area contributed by atoms with E-state index in [1.54, 1.807) is 6.20 Å². The van der Waals surface area contributed by atoms with Crippen LogP contribution in [0, 0.1) is 6.92 Å². The van der Waals surface area contributed by atoms with Crippen LogP contribution in [-0.4, -0.2) is 10.8 Å². The van der Waals surface area contributed by atoms with Gasteiger partial charge in [-0.1, -0.05) is 40.2 Å². The minimum Gasteiger partial charge on any atom is -0.360 e. The van der Waals surface area contributed by atoms with Crippen LogP contribution < -0.4 is 0 Å². The van der Waals surface area contributed by atoms with Crippen molar-refractivity contribution in [3.63, 3.8) is 0 Å². The lowest BCUT2D eigenvalue weighted by atomic mass is 10.0. The van der Waals surface area contributed by atoms with Crippen LogP contribution in [0.4, 0.5) is 0 Å². The standard InChI is InChI=1S/C16H12BrNO/c1-10-6-7-12(14(17)8-10)16(19)13-9-18-15-5-3-2-4-11(13)15/h2-9,18H,1H3. The number of rotatable bonds is 2. The number of nitrogens with one attached hydrogen (secondary N) is 1. The van der Waals surface area contributed by atoms with Gasteiger partial charge in [0.05, 0.1) is 0 Å². The molecule has 1 heterocycles. The maximum absolute atomic E-state index is 12.6. The molecule has 1 aromatic heterocycles. The highest BCUT2D eigenvalue weighted by atomic mass is 79.9. The highest BCUT2D eigenvalue weighted by molar-refractivity contribution is 9.10. The lowest BCUT2D eigenvalue weighted by Crippen LogP contribution is -2.01. The number of ketones is 1. The van der Waals surface area contributed by atoms with E-state index in [0.717, 1.165) is 20.9 Å². The Hall–Kier alpha value is -1.87. The van der Waals surface area contributed by atoms with E-state index >= 15 is 0 Å². The molecule has 0 aliphatic heterocycles. The number of benzene rings is 2. The molecule has 0 radical (unpaired) electrons. The first kappa shape index (κ1) is 12.2. The molecule has 3 heteroatoms. The van der Waals surface area contributed by atoms with Gasteiger partial charge in [-0.2, -0.15) is 0 Å². The number of aromatic amines is 1. The molecule has 94 valence electrons. The van der Waals surface area contributed by atoms with Gasteiger partial charge < -0.3 is 4.98 Å². The molecule has 0 saturated carbocycles. The second kappa shape index (κ2) is 4.67. The first-order chi connectivity index (χ1) is 9.16. The van der Waals surface area contributed by atoms with E-state index in [4.69, 9.17) is 0 Å². The van der Waals surface area contributed by atoms with Crippen molar-refractivity contribution in [2.75, 3.05) is 0 Å². The Bertz CT molecular complexity index is 773. The monoisotopic (exact) mass is 313 g/mol. The summed E-state index contributed by atoms with van der Waals surface area (Å²) in [5, 5.41) is 0.958. The molecule has 19 heavy (non-hydrogen) atoms. The average molecular weight is 314 g/mol. The van der Waals surface area contributed by atoms with E-state index in [1.807, 2.05) is 49.4 Å². The fourth-order valence-corrected chi connectivity index (χ4v) is 2.88. The van der Waals surface area contributed by atoms with Crippen molar-refractivity contribution in [3.8, 4) is 0 Å². The van der Waals surface area contributed by atoms with Crippen molar-refractivity contribution in [1.82, 2.24) is 4.98 Å². The van der Waals surface area contributed by atoms with Gasteiger partial charge in [-0.05, 0) is 30.7 Å².